The van der Waals surface area contributed by atoms with Crippen LogP contribution in [0.5, 0.6) is 0 Å². The summed E-state index contributed by atoms with van der Waals surface area (Å²) in [5.41, 5.74) is 2.21. The van der Waals surface area contributed by atoms with E-state index in [1.165, 1.54) is 24.7 Å². The van der Waals surface area contributed by atoms with E-state index in [0.29, 0.717) is 16.6 Å². The van der Waals surface area contributed by atoms with Gasteiger partial charge in [-0.05, 0) is 35.9 Å². The molecular weight excluding hydrogens is 375 g/mol. The molecule has 0 aliphatic heterocycles. The molecule has 0 aliphatic carbocycles. The normalized spacial score (nSPS) is 11.8. The second-order valence-corrected chi connectivity index (χ2v) is 6.14. The summed E-state index contributed by atoms with van der Waals surface area (Å²) in [4.78, 5) is 20.0. The van der Waals surface area contributed by atoms with Crippen LogP contribution in [0.3, 0.4) is 0 Å². The molecule has 4 aromatic rings. The van der Waals surface area contributed by atoms with Crippen LogP contribution in [0.4, 0.5) is 4.39 Å². The summed E-state index contributed by atoms with van der Waals surface area (Å²) in [6, 6.07) is 11.5. The van der Waals surface area contributed by atoms with Crippen LogP contribution in [0.15, 0.2) is 63.2 Å². The van der Waals surface area contributed by atoms with E-state index < -0.39 is 0 Å². The summed E-state index contributed by atoms with van der Waals surface area (Å²) in [5.74, 6) is -0.323. The molecule has 0 bridgehead atoms. The van der Waals surface area contributed by atoms with Gasteiger partial charge in [0.25, 0.3) is 5.56 Å². The molecule has 2 aromatic heterocycles. The van der Waals surface area contributed by atoms with Crippen LogP contribution in [0, 0.1) is 5.82 Å². The molecule has 2 heterocycles. The number of H-pyrrole nitrogens is 1. The Morgan fingerprint density at radius 2 is 2.00 bits per heavy atom. The monoisotopic (exact) mass is 384 g/mol. The molecule has 2 aromatic carbocycles. The first-order valence-electron chi connectivity index (χ1n) is 7.10. The molecule has 5 nitrogen and oxygen atoms in total. The second-order valence-electron chi connectivity index (χ2n) is 5.23. The number of nitrogens with zero attached hydrogens (tertiary/aromatic N) is 3. The average molecular weight is 385 g/mol. The molecule has 0 aliphatic rings. The van der Waals surface area contributed by atoms with Crippen molar-refractivity contribution in [2.45, 2.75) is 0 Å². The Morgan fingerprint density at radius 1 is 1.21 bits per heavy atom. The number of hydrogen-bond acceptors (Lipinski definition) is 3. The van der Waals surface area contributed by atoms with Gasteiger partial charge in [-0.15, -0.1) is 0 Å². The largest absolute Gasteiger partial charge is 0.349 e. The van der Waals surface area contributed by atoms with E-state index >= 15 is 0 Å². The van der Waals surface area contributed by atoms with Gasteiger partial charge in [0, 0.05) is 15.4 Å². The van der Waals surface area contributed by atoms with Crippen LogP contribution in [0.2, 0.25) is 0 Å². The Morgan fingerprint density at radius 3 is 2.79 bits per heavy atom. The van der Waals surface area contributed by atoms with Crippen molar-refractivity contribution in [3.8, 4) is 0 Å². The maximum absolute atomic E-state index is 12.9. The van der Waals surface area contributed by atoms with Crippen molar-refractivity contribution in [2.24, 2.45) is 5.10 Å². The minimum Gasteiger partial charge on any atom is -0.349 e. The Labute approximate surface area is 143 Å². The minimum atomic E-state index is -0.323. The van der Waals surface area contributed by atoms with Gasteiger partial charge in [-0.1, -0.05) is 28.1 Å². The lowest BCUT2D eigenvalue weighted by atomic mass is 10.2. The predicted molar refractivity (Wildman–Crippen MR) is 95.0 cm³/mol. The van der Waals surface area contributed by atoms with Crippen molar-refractivity contribution >= 4 is 44.1 Å². The van der Waals surface area contributed by atoms with Crippen LogP contribution < -0.4 is 5.56 Å². The molecule has 0 spiro atoms. The number of nitrogens with one attached hydrogen (secondary N) is 1. The lowest BCUT2D eigenvalue weighted by molar-refractivity contribution is 0.628. The molecule has 1 N–H and O–H groups in total. The molecule has 0 radical (unpaired) electrons. The van der Waals surface area contributed by atoms with Crippen molar-refractivity contribution in [1.82, 2.24) is 14.6 Å². The first-order valence-corrected chi connectivity index (χ1v) is 7.89. The molecule has 0 amide bonds. The van der Waals surface area contributed by atoms with Crippen LogP contribution in [-0.2, 0) is 0 Å². The SMILES string of the molecule is O=c1c2[nH]c3ccc(Br)cc3c2ncn1/N=C\c1ccc(F)cc1. The van der Waals surface area contributed by atoms with Gasteiger partial charge in [0.2, 0.25) is 0 Å². The number of aromatic amines is 1. The summed E-state index contributed by atoms with van der Waals surface area (Å²) in [6.07, 6.45) is 2.85. The number of benzene rings is 2. The third-order valence-corrected chi connectivity index (χ3v) is 4.15. The first-order chi connectivity index (χ1) is 11.6. The number of halogens is 2. The van der Waals surface area contributed by atoms with E-state index in [0.717, 1.165) is 20.1 Å². The topological polar surface area (TPSA) is 63.0 Å². The molecule has 0 saturated carbocycles. The third-order valence-electron chi connectivity index (χ3n) is 3.65. The smallest absolute Gasteiger partial charge is 0.298 e. The van der Waals surface area contributed by atoms with E-state index in [4.69, 9.17) is 0 Å². The standard InChI is InChI=1S/C17H10BrFN4O/c18-11-3-6-14-13(7-11)15-16(22-14)17(24)23(9-20-15)21-8-10-1-4-12(19)5-2-10/h1-9,22H/b21-8-. The van der Waals surface area contributed by atoms with Gasteiger partial charge in [0.15, 0.2) is 0 Å². The van der Waals surface area contributed by atoms with E-state index in [9.17, 15) is 9.18 Å². The van der Waals surface area contributed by atoms with Gasteiger partial charge in [-0.25, -0.2) is 9.37 Å². The molecule has 118 valence electrons. The molecule has 0 atom stereocenters. The number of rotatable bonds is 2. The van der Waals surface area contributed by atoms with Crippen molar-refractivity contribution < 1.29 is 4.39 Å². The van der Waals surface area contributed by atoms with Gasteiger partial charge < -0.3 is 4.98 Å². The number of hydrogen-bond donors (Lipinski definition) is 1. The molecule has 0 fully saturated rings. The van der Waals surface area contributed by atoms with E-state index in [2.05, 4.69) is 31.0 Å². The summed E-state index contributed by atoms with van der Waals surface area (Å²) >= 11 is 3.42. The summed E-state index contributed by atoms with van der Waals surface area (Å²) in [6.45, 7) is 0. The third kappa shape index (κ3) is 2.52. The highest BCUT2D eigenvalue weighted by atomic mass is 79.9. The fraction of sp³-hybridized carbons (Fsp3) is 0. The van der Waals surface area contributed by atoms with E-state index in [1.807, 2.05) is 18.2 Å². The van der Waals surface area contributed by atoms with E-state index in [1.54, 1.807) is 12.1 Å². The quantitative estimate of drug-likeness (QED) is 0.536. The lowest BCUT2D eigenvalue weighted by Gasteiger charge is -1.98. The minimum absolute atomic E-state index is 0.300. The molecule has 7 heteroatoms. The first kappa shape index (κ1) is 14.8. The van der Waals surface area contributed by atoms with Crippen molar-refractivity contribution in [2.75, 3.05) is 0 Å². The lowest BCUT2D eigenvalue weighted by Crippen LogP contribution is -2.17. The van der Waals surface area contributed by atoms with Crippen molar-refractivity contribution in [3.05, 3.63) is 75.0 Å². The second kappa shape index (κ2) is 5.68. The van der Waals surface area contributed by atoms with Gasteiger partial charge >= 0.3 is 0 Å². The Bertz CT molecular complexity index is 1150. The fourth-order valence-electron chi connectivity index (χ4n) is 2.48. The highest BCUT2D eigenvalue weighted by molar-refractivity contribution is 9.10. The van der Waals surface area contributed by atoms with Crippen LogP contribution in [0.1, 0.15) is 5.56 Å². The van der Waals surface area contributed by atoms with Crippen molar-refractivity contribution in [3.63, 3.8) is 0 Å². The van der Waals surface area contributed by atoms with Crippen LogP contribution >= 0.6 is 15.9 Å². The zero-order valence-corrected chi connectivity index (χ0v) is 13.8. The van der Waals surface area contributed by atoms with Gasteiger partial charge in [0.05, 0.1) is 6.21 Å². The molecule has 4 rings (SSSR count). The van der Waals surface area contributed by atoms with E-state index in [-0.39, 0.29) is 11.4 Å². The molecular formula is C17H10BrFN4O. The summed E-state index contributed by atoms with van der Waals surface area (Å²) in [5, 5.41) is 4.98. The zero-order chi connectivity index (χ0) is 16.7. The number of fused-ring (bicyclic) bond motifs is 3. The highest BCUT2D eigenvalue weighted by Gasteiger charge is 2.10. The van der Waals surface area contributed by atoms with Gasteiger partial charge in [-0.3, -0.25) is 4.79 Å². The summed E-state index contributed by atoms with van der Waals surface area (Å²) < 4.78 is 15.0. The summed E-state index contributed by atoms with van der Waals surface area (Å²) in [7, 11) is 0. The van der Waals surface area contributed by atoms with Gasteiger partial charge in [0.1, 0.15) is 23.2 Å². The van der Waals surface area contributed by atoms with Crippen LogP contribution in [0.25, 0.3) is 21.9 Å². The maximum atomic E-state index is 12.9. The predicted octanol–water partition coefficient (Wildman–Crippen LogP) is 3.66. The Balaban J connectivity index is 1.82. The average Bonchev–Trinajstić information content (AvgIpc) is 2.95. The maximum Gasteiger partial charge on any atom is 0.298 e. The molecule has 0 saturated heterocycles. The Hall–Kier alpha value is -2.80. The fourth-order valence-corrected chi connectivity index (χ4v) is 2.84. The molecule has 0 unspecified atom stereocenters. The highest BCUT2D eigenvalue weighted by Crippen LogP contribution is 2.24. The van der Waals surface area contributed by atoms with Gasteiger partial charge in [-0.2, -0.15) is 9.78 Å². The number of aromatic nitrogens is 3. The zero-order valence-electron chi connectivity index (χ0n) is 12.2. The van der Waals surface area contributed by atoms with Crippen molar-refractivity contribution in [1.29, 1.82) is 0 Å². The Kier molecular flexibility index (Phi) is 3.50. The molecule has 24 heavy (non-hydrogen) atoms. The van der Waals surface area contributed by atoms with Crippen LogP contribution in [-0.4, -0.2) is 20.9 Å².